The summed E-state index contributed by atoms with van der Waals surface area (Å²) in [6.45, 7) is 0.541. The van der Waals surface area contributed by atoms with Crippen molar-refractivity contribution in [1.29, 1.82) is 0 Å². The van der Waals surface area contributed by atoms with Crippen molar-refractivity contribution < 1.29 is 18.3 Å². The molecule has 0 radical (unpaired) electrons. The van der Waals surface area contributed by atoms with E-state index in [1.807, 2.05) is 0 Å². The minimum Gasteiger partial charge on any atom is -0.396 e. The maximum absolute atomic E-state index is 12.6. The highest BCUT2D eigenvalue weighted by Crippen LogP contribution is 2.31. The van der Waals surface area contributed by atoms with Gasteiger partial charge < -0.3 is 10.8 Å². The fraction of sp³-hybridized carbons (Fsp3) is 0.385. The molecule has 2 rings (SSSR count). The molecule has 0 aliphatic heterocycles. The molecule has 0 aliphatic carbocycles. The molecule has 114 valence electrons. The monoisotopic (exact) mass is 300 g/mol. The molecule has 1 heterocycles. The lowest BCUT2D eigenvalue weighted by Gasteiger charge is -2.10. The van der Waals surface area contributed by atoms with E-state index < -0.39 is 11.7 Å². The van der Waals surface area contributed by atoms with E-state index in [0.717, 1.165) is 12.1 Å². The van der Waals surface area contributed by atoms with Crippen LogP contribution in [0.5, 0.6) is 0 Å². The van der Waals surface area contributed by atoms with Crippen LogP contribution in [-0.4, -0.2) is 26.7 Å². The molecule has 0 saturated carbocycles. The molecule has 8 heteroatoms. The van der Waals surface area contributed by atoms with Gasteiger partial charge in [0.15, 0.2) is 0 Å². The SMILES string of the molecule is NCc1nnn(CCCO)c1-c1ccc(C(F)(F)F)cc1. The van der Waals surface area contributed by atoms with Crippen molar-refractivity contribution in [3.8, 4) is 11.3 Å². The number of halogens is 3. The van der Waals surface area contributed by atoms with Gasteiger partial charge in [-0.3, -0.25) is 0 Å². The molecule has 0 amide bonds. The summed E-state index contributed by atoms with van der Waals surface area (Å²) in [7, 11) is 0. The zero-order valence-corrected chi connectivity index (χ0v) is 11.1. The minimum atomic E-state index is -4.37. The van der Waals surface area contributed by atoms with E-state index in [0.29, 0.717) is 29.9 Å². The molecule has 0 fully saturated rings. The van der Waals surface area contributed by atoms with Gasteiger partial charge >= 0.3 is 6.18 Å². The second-order valence-electron chi connectivity index (χ2n) is 4.46. The third-order valence-corrected chi connectivity index (χ3v) is 3.01. The molecule has 5 nitrogen and oxygen atoms in total. The van der Waals surface area contributed by atoms with Crippen LogP contribution in [0.1, 0.15) is 17.7 Å². The summed E-state index contributed by atoms with van der Waals surface area (Å²) in [6.07, 6.45) is -3.90. The van der Waals surface area contributed by atoms with E-state index in [4.69, 9.17) is 10.8 Å². The first kappa shape index (κ1) is 15.5. The highest BCUT2D eigenvalue weighted by molar-refractivity contribution is 5.62. The van der Waals surface area contributed by atoms with E-state index in [-0.39, 0.29) is 13.2 Å². The van der Waals surface area contributed by atoms with Crippen LogP contribution in [0.3, 0.4) is 0 Å². The van der Waals surface area contributed by atoms with Gasteiger partial charge in [0.1, 0.15) is 5.69 Å². The number of hydrogen-bond donors (Lipinski definition) is 2. The number of aromatic nitrogens is 3. The second-order valence-corrected chi connectivity index (χ2v) is 4.46. The van der Waals surface area contributed by atoms with Crippen LogP contribution in [-0.2, 0) is 19.3 Å². The lowest BCUT2D eigenvalue weighted by Crippen LogP contribution is -2.07. The van der Waals surface area contributed by atoms with Gasteiger partial charge in [-0.15, -0.1) is 5.10 Å². The Morgan fingerprint density at radius 2 is 1.86 bits per heavy atom. The van der Waals surface area contributed by atoms with Crippen molar-refractivity contribution in [2.24, 2.45) is 5.73 Å². The molecular formula is C13H15F3N4O. The van der Waals surface area contributed by atoms with Gasteiger partial charge in [0.25, 0.3) is 0 Å². The maximum Gasteiger partial charge on any atom is 0.416 e. The Bertz CT molecular complexity index is 592. The highest BCUT2D eigenvalue weighted by atomic mass is 19.4. The van der Waals surface area contributed by atoms with Crippen molar-refractivity contribution in [1.82, 2.24) is 15.0 Å². The van der Waals surface area contributed by atoms with E-state index in [1.165, 1.54) is 12.1 Å². The molecular weight excluding hydrogens is 285 g/mol. The largest absolute Gasteiger partial charge is 0.416 e. The van der Waals surface area contributed by atoms with Crippen molar-refractivity contribution >= 4 is 0 Å². The Morgan fingerprint density at radius 1 is 1.19 bits per heavy atom. The Kier molecular flexibility index (Phi) is 4.59. The van der Waals surface area contributed by atoms with Crippen LogP contribution in [0, 0.1) is 0 Å². The average Bonchev–Trinajstić information content (AvgIpc) is 2.87. The smallest absolute Gasteiger partial charge is 0.396 e. The molecule has 1 aromatic carbocycles. The first-order valence-corrected chi connectivity index (χ1v) is 6.38. The number of nitrogens with zero attached hydrogens (tertiary/aromatic N) is 3. The van der Waals surface area contributed by atoms with Gasteiger partial charge in [-0.2, -0.15) is 13.2 Å². The van der Waals surface area contributed by atoms with Gasteiger partial charge in [0, 0.05) is 25.3 Å². The summed E-state index contributed by atoms with van der Waals surface area (Å²) in [6, 6.07) is 4.77. The lowest BCUT2D eigenvalue weighted by atomic mass is 10.1. The Hall–Kier alpha value is -1.93. The first-order chi connectivity index (χ1) is 9.97. The number of aliphatic hydroxyl groups excluding tert-OH is 1. The van der Waals surface area contributed by atoms with Crippen molar-refractivity contribution in [3.63, 3.8) is 0 Å². The van der Waals surface area contributed by atoms with E-state index >= 15 is 0 Å². The Morgan fingerprint density at radius 3 is 2.38 bits per heavy atom. The van der Waals surface area contributed by atoms with Crippen LogP contribution in [0.2, 0.25) is 0 Å². The second kappa shape index (κ2) is 6.23. The topological polar surface area (TPSA) is 77.0 Å². The van der Waals surface area contributed by atoms with Crippen molar-refractivity contribution in [2.45, 2.75) is 25.7 Å². The predicted molar refractivity (Wildman–Crippen MR) is 70.1 cm³/mol. The molecule has 0 atom stereocenters. The zero-order chi connectivity index (χ0) is 15.5. The van der Waals surface area contributed by atoms with Crippen LogP contribution < -0.4 is 5.73 Å². The Labute approximate surface area is 119 Å². The third kappa shape index (κ3) is 3.40. The number of nitrogens with two attached hydrogens (primary N) is 1. The number of alkyl halides is 3. The van der Waals surface area contributed by atoms with Gasteiger partial charge in [-0.05, 0) is 18.6 Å². The summed E-state index contributed by atoms with van der Waals surface area (Å²) in [5.74, 6) is 0. The van der Waals surface area contributed by atoms with Crippen LogP contribution in [0.25, 0.3) is 11.3 Å². The maximum atomic E-state index is 12.6. The number of aliphatic hydroxyl groups is 1. The molecule has 0 aliphatic rings. The molecule has 0 spiro atoms. The first-order valence-electron chi connectivity index (χ1n) is 6.38. The third-order valence-electron chi connectivity index (χ3n) is 3.01. The van der Waals surface area contributed by atoms with Gasteiger partial charge in [0.05, 0.1) is 11.3 Å². The molecule has 21 heavy (non-hydrogen) atoms. The van der Waals surface area contributed by atoms with E-state index in [1.54, 1.807) is 4.68 Å². The number of benzene rings is 1. The normalized spacial score (nSPS) is 11.9. The summed E-state index contributed by atoms with van der Waals surface area (Å²) in [4.78, 5) is 0. The summed E-state index contributed by atoms with van der Waals surface area (Å²) < 4.78 is 39.3. The van der Waals surface area contributed by atoms with Crippen molar-refractivity contribution in [2.75, 3.05) is 6.61 Å². The molecule has 0 unspecified atom stereocenters. The fourth-order valence-corrected chi connectivity index (χ4v) is 2.00. The summed E-state index contributed by atoms with van der Waals surface area (Å²) >= 11 is 0. The molecule has 0 saturated heterocycles. The highest BCUT2D eigenvalue weighted by Gasteiger charge is 2.30. The van der Waals surface area contributed by atoms with Gasteiger partial charge in [-0.1, -0.05) is 17.3 Å². The Balaban J connectivity index is 2.38. The van der Waals surface area contributed by atoms with E-state index in [2.05, 4.69) is 10.3 Å². The number of hydrogen-bond acceptors (Lipinski definition) is 4. The molecule has 0 bridgehead atoms. The van der Waals surface area contributed by atoms with Crippen LogP contribution in [0.15, 0.2) is 24.3 Å². The van der Waals surface area contributed by atoms with E-state index in [9.17, 15) is 13.2 Å². The quantitative estimate of drug-likeness (QED) is 0.883. The van der Waals surface area contributed by atoms with Crippen LogP contribution in [0.4, 0.5) is 13.2 Å². The molecule has 2 aromatic rings. The number of rotatable bonds is 5. The molecule has 3 N–H and O–H groups in total. The summed E-state index contributed by atoms with van der Waals surface area (Å²) in [5.41, 5.74) is 6.52. The predicted octanol–water partition coefficient (Wildman–Crippen LogP) is 1.81. The lowest BCUT2D eigenvalue weighted by molar-refractivity contribution is -0.137. The van der Waals surface area contributed by atoms with Gasteiger partial charge in [0.2, 0.25) is 0 Å². The minimum absolute atomic E-state index is 0.00965. The summed E-state index contributed by atoms with van der Waals surface area (Å²) in [5, 5.41) is 16.7. The zero-order valence-electron chi connectivity index (χ0n) is 11.1. The fourth-order valence-electron chi connectivity index (χ4n) is 2.00. The standard InChI is InChI=1S/C13H15F3N4O/c14-13(15,16)10-4-2-9(3-5-10)12-11(8-17)18-19-20(12)6-1-7-21/h2-5,21H,1,6-8,17H2. The number of aryl methyl sites for hydroxylation is 1. The molecule has 1 aromatic heterocycles. The van der Waals surface area contributed by atoms with Crippen LogP contribution >= 0.6 is 0 Å². The average molecular weight is 300 g/mol. The van der Waals surface area contributed by atoms with Gasteiger partial charge in [-0.25, -0.2) is 4.68 Å². The van der Waals surface area contributed by atoms with Crippen molar-refractivity contribution in [3.05, 3.63) is 35.5 Å².